The Hall–Kier alpha value is -0.290. The summed E-state index contributed by atoms with van der Waals surface area (Å²) < 4.78 is 44.3. The molecule has 2 aliphatic heterocycles. The van der Waals surface area contributed by atoms with Crippen LogP contribution in [0.15, 0.2) is 4.99 Å². The molecule has 2 heterocycles. The van der Waals surface area contributed by atoms with Gasteiger partial charge in [-0.15, -0.1) is 24.0 Å². The predicted octanol–water partition coefficient (Wildman–Crippen LogP) is 4.23. The molecule has 2 aliphatic rings. The summed E-state index contributed by atoms with van der Waals surface area (Å²) in [6.45, 7) is 11.7. The minimum absolute atomic E-state index is 0. The first-order valence-electron chi connectivity index (χ1n) is 10.9. The molecular formula is C21H40F3IN4O. The zero-order valence-corrected chi connectivity index (χ0v) is 21.4. The van der Waals surface area contributed by atoms with Gasteiger partial charge in [0.05, 0.1) is 12.6 Å². The van der Waals surface area contributed by atoms with Crippen LogP contribution >= 0.6 is 24.0 Å². The van der Waals surface area contributed by atoms with E-state index in [1.165, 1.54) is 4.90 Å². The molecule has 0 aromatic carbocycles. The van der Waals surface area contributed by atoms with Gasteiger partial charge in [-0.3, -0.25) is 9.89 Å². The van der Waals surface area contributed by atoms with E-state index in [2.05, 4.69) is 36.0 Å². The first-order chi connectivity index (χ1) is 13.5. The third-order valence-electron chi connectivity index (χ3n) is 5.98. The van der Waals surface area contributed by atoms with Crippen molar-refractivity contribution in [1.29, 1.82) is 0 Å². The van der Waals surface area contributed by atoms with Crippen molar-refractivity contribution in [2.24, 2.45) is 22.2 Å². The first-order valence-corrected chi connectivity index (χ1v) is 10.9. The van der Waals surface area contributed by atoms with Gasteiger partial charge in [0, 0.05) is 45.8 Å². The van der Waals surface area contributed by atoms with E-state index in [4.69, 9.17) is 4.74 Å². The third kappa shape index (κ3) is 8.68. The molecule has 0 amide bonds. The molecule has 3 unspecified atom stereocenters. The topological polar surface area (TPSA) is 40.1 Å². The summed E-state index contributed by atoms with van der Waals surface area (Å²) in [5.41, 5.74) is 0.0944. The molecule has 30 heavy (non-hydrogen) atoms. The van der Waals surface area contributed by atoms with Crippen molar-refractivity contribution in [3.8, 4) is 0 Å². The van der Waals surface area contributed by atoms with Crippen LogP contribution in [-0.4, -0.2) is 81.0 Å². The molecule has 0 aromatic rings. The van der Waals surface area contributed by atoms with Gasteiger partial charge in [0.25, 0.3) is 0 Å². The number of hydrogen-bond acceptors (Lipinski definition) is 3. The number of aliphatic imine (C=N–C) groups is 1. The number of alkyl halides is 3. The van der Waals surface area contributed by atoms with Crippen LogP contribution in [0.5, 0.6) is 0 Å². The molecule has 2 rings (SSSR count). The molecule has 2 fully saturated rings. The van der Waals surface area contributed by atoms with Crippen LogP contribution in [-0.2, 0) is 4.74 Å². The fourth-order valence-electron chi connectivity index (χ4n) is 4.66. The lowest BCUT2D eigenvalue weighted by Gasteiger charge is -2.40. The summed E-state index contributed by atoms with van der Waals surface area (Å²) in [5, 5.41) is 3.51. The minimum Gasteiger partial charge on any atom is -0.377 e. The summed E-state index contributed by atoms with van der Waals surface area (Å²) in [5.74, 6) is 1.52. The van der Waals surface area contributed by atoms with E-state index >= 15 is 0 Å². The van der Waals surface area contributed by atoms with Crippen LogP contribution in [0.2, 0.25) is 0 Å². The molecule has 0 saturated carbocycles. The Balaban J connectivity index is 0.00000450. The lowest BCUT2D eigenvalue weighted by molar-refractivity contribution is -0.146. The number of nitrogens with zero attached hydrogens (tertiary/aromatic N) is 3. The van der Waals surface area contributed by atoms with Crippen molar-refractivity contribution < 1.29 is 17.9 Å². The van der Waals surface area contributed by atoms with Crippen LogP contribution < -0.4 is 5.32 Å². The van der Waals surface area contributed by atoms with Gasteiger partial charge in [0.2, 0.25) is 0 Å². The van der Waals surface area contributed by atoms with E-state index in [1.807, 2.05) is 0 Å². The summed E-state index contributed by atoms with van der Waals surface area (Å²) in [6.07, 6.45) is -0.815. The smallest absolute Gasteiger partial charge is 0.377 e. The average molecular weight is 548 g/mol. The molecular weight excluding hydrogens is 508 g/mol. The van der Waals surface area contributed by atoms with Crippen molar-refractivity contribution in [1.82, 2.24) is 15.1 Å². The Labute approximate surface area is 197 Å². The Bertz CT molecular complexity index is 539. The maximum atomic E-state index is 12.7. The Morgan fingerprint density at radius 3 is 2.50 bits per heavy atom. The van der Waals surface area contributed by atoms with E-state index in [-0.39, 0.29) is 41.4 Å². The molecule has 3 atom stereocenters. The third-order valence-corrected chi connectivity index (χ3v) is 5.98. The van der Waals surface area contributed by atoms with Crippen LogP contribution in [0.25, 0.3) is 0 Å². The predicted molar refractivity (Wildman–Crippen MR) is 127 cm³/mol. The number of likely N-dealkylation sites (tertiary alicyclic amines) is 1. The molecule has 0 spiro atoms. The number of halogens is 4. The fourth-order valence-corrected chi connectivity index (χ4v) is 4.66. The number of rotatable bonds is 6. The first kappa shape index (κ1) is 27.7. The van der Waals surface area contributed by atoms with Gasteiger partial charge in [-0.1, -0.05) is 27.7 Å². The van der Waals surface area contributed by atoms with Crippen molar-refractivity contribution in [3.05, 3.63) is 0 Å². The SMILES string of the molecule is CCN(CC1CCN(C(=NC)NCC2CCCOC2C(C)(C)C)C1)CC(F)(F)F.I. The Kier molecular flexibility index (Phi) is 11.2. The molecule has 178 valence electrons. The molecule has 0 bridgehead atoms. The zero-order valence-electron chi connectivity index (χ0n) is 19.1. The Morgan fingerprint density at radius 1 is 1.23 bits per heavy atom. The second kappa shape index (κ2) is 12.1. The van der Waals surface area contributed by atoms with E-state index in [1.54, 1.807) is 14.0 Å². The highest BCUT2D eigenvalue weighted by molar-refractivity contribution is 14.0. The quantitative estimate of drug-likeness (QED) is 0.307. The maximum Gasteiger partial charge on any atom is 0.401 e. The van der Waals surface area contributed by atoms with E-state index in [9.17, 15) is 13.2 Å². The maximum absolute atomic E-state index is 12.7. The molecule has 0 aliphatic carbocycles. The lowest BCUT2D eigenvalue weighted by Crippen LogP contribution is -2.48. The van der Waals surface area contributed by atoms with E-state index in [0.717, 1.165) is 51.5 Å². The molecule has 9 heteroatoms. The Morgan fingerprint density at radius 2 is 1.93 bits per heavy atom. The summed E-state index contributed by atoms with van der Waals surface area (Å²) in [4.78, 5) is 8.11. The second-order valence-electron chi connectivity index (χ2n) is 9.53. The molecule has 2 saturated heterocycles. The van der Waals surface area contributed by atoms with Gasteiger partial charge in [0.15, 0.2) is 5.96 Å². The number of nitrogens with one attached hydrogen (secondary N) is 1. The number of ether oxygens (including phenoxy) is 1. The molecule has 0 radical (unpaired) electrons. The van der Waals surface area contributed by atoms with Gasteiger partial charge >= 0.3 is 6.18 Å². The summed E-state index contributed by atoms with van der Waals surface area (Å²) in [7, 11) is 1.77. The van der Waals surface area contributed by atoms with Crippen LogP contribution in [0.4, 0.5) is 13.2 Å². The van der Waals surface area contributed by atoms with Crippen LogP contribution in [0, 0.1) is 17.3 Å². The van der Waals surface area contributed by atoms with Crippen molar-refractivity contribution in [3.63, 3.8) is 0 Å². The standard InChI is InChI=1S/C21H39F3N4O.HI/c1-6-27(15-21(22,23)24)13-16-9-10-28(14-16)19(25-5)26-12-17-8-7-11-29-18(17)20(2,3)4;/h16-18H,6-15H2,1-5H3,(H,25,26);1H. The average Bonchev–Trinajstić information content (AvgIpc) is 3.08. The van der Waals surface area contributed by atoms with Crippen LogP contribution in [0.1, 0.15) is 47.0 Å². The van der Waals surface area contributed by atoms with Crippen molar-refractivity contribution in [2.45, 2.75) is 59.2 Å². The second-order valence-corrected chi connectivity index (χ2v) is 9.53. The van der Waals surface area contributed by atoms with E-state index in [0.29, 0.717) is 19.0 Å². The van der Waals surface area contributed by atoms with Gasteiger partial charge < -0.3 is 15.0 Å². The van der Waals surface area contributed by atoms with Gasteiger partial charge in [0.1, 0.15) is 0 Å². The molecule has 0 aromatic heterocycles. The minimum atomic E-state index is -4.14. The van der Waals surface area contributed by atoms with Crippen molar-refractivity contribution in [2.75, 3.05) is 52.9 Å². The fraction of sp³-hybridized carbons (Fsp3) is 0.952. The number of hydrogen-bond donors (Lipinski definition) is 1. The lowest BCUT2D eigenvalue weighted by atomic mass is 9.78. The zero-order chi connectivity index (χ0) is 21.7. The highest BCUT2D eigenvalue weighted by atomic mass is 127. The molecule has 5 nitrogen and oxygen atoms in total. The number of guanidine groups is 1. The van der Waals surface area contributed by atoms with Gasteiger partial charge in [-0.2, -0.15) is 13.2 Å². The molecule has 1 N–H and O–H groups in total. The van der Waals surface area contributed by atoms with Crippen LogP contribution in [0.3, 0.4) is 0 Å². The highest BCUT2D eigenvalue weighted by Gasteiger charge is 2.36. The van der Waals surface area contributed by atoms with Gasteiger partial charge in [-0.25, -0.2) is 0 Å². The van der Waals surface area contributed by atoms with E-state index < -0.39 is 12.7 Å². The highest BCUT2D eigenvalue weighted by Crippen LogP contribution is 2.33. The summed E-state index contributed by atoms with van der Waals surface area (Å²) >= 11 is 0. The van der Waals surface area contributed by atoms with Gasteiger partial charge in [-0.05, 0) is 37.1 Å². The summed E-state index contributed by atoms with van der Waals surface area (Å²) in [6, 6.07) is 0. The normalized spacial score (nSPS) is 26.1. The monoisotopic (exact) mass is 548 g/mol. The largest absolute Gasteiger partial charge is 0.401 e. The van der Waals surface area contributed by atoms with Crippen molar-refractivity contribution >= 4 is 29.9 Å².